The van der Waals surface area contributed by atoms with E-state index in [-0.39, 0.29) is 5.82 Å². The molecule has 1 unspecified atom stereocenters. The summed E-state index contributed by atoms with van der Waals surface area (Å²) < 4.78 is 13.8. The molecule has 0 spiro atoms. The monoisotopic (exact) mass is 321 g/mol. The van der Waals surface area contributed by atoms with Crippen LogP contribution < -0.4 is 5.73 Å². The third-order valence-corrected chi connectivity index (χ3v) is 4.02. The van der Waals surface area contributed by atoms with Gasteiger partial charge in [-0.3, -0.25) is 0 Å². The van der Waals surface area contributed by atoms with E-state index in [1.165, 1.54) is 17.7 Å². The molecule has 2 aromatic carbocycles. The lowest BCUT2D eigenvalue weighted by molar-refractivity contribution is 0.489. The predicted molar refractivity (Wildman–Crippen MR) is 80.5 cm³/mol. The minimum Gasteiger partial charge on any atom is -0.321 e. The van der Waals surface area contributed by atoms with Gasteiger partial charge >= 0.3 is 0 Å². The Bertz CT molecular complexity index is 576. The summed E-state index contributed by atoms with van der Waals surface area (Å²) in [5.41, 5.74) is 9.23. The Kier molecular flexibility index (Phi) is 4.07. The van der Waals surface area contributed by atoms with Crippen LogP contribution in [0.5, 0.6) is 0 Å². The number of hydrogen-bond donors (Lipinski definition) is 1. The molecule has 0 amide bonds. The van der Waals surface area contributed by atoms with Gasteiger partial charge < -0.3 is 5.73 Å². The molecule has 1 nitrogen and oxygen atoms in total. The number of halogens is 2. The Morgan fingerprint density at radius 2 is 1.79 bits per heavy atom. The van der Waals surface area contributed by atoms with Crippen LogP contribution in [0.2, 0.25) is 0 Å². The fraction of sp³-hybridized carbons (Fsp3) is 0.250. The molecular formula is C16H17BrFN. The second-order valence-electron chi connectivity index (χ2n) is 5.20. The smallest absolute Gasteiger partial charge is 0.124 e. The van der Waals surface area contributed by atoms with E-state index in [2.05, 4.69) is 28.1 Å². The molecule has 0 saturated heterocycles. The first-order valence-corrected chi connectivity index (χ1v) is 6.98. The molecule has 3 heteroatoms. The standard InChI is InChI=1S/C16H17BrFN/c1-11-3-6-13(7-4-11)16(2,19)10-12-5-8-14(18)9-15(12)17/h3-9H,10,19H2,1-2H3. The maximum atomic E-state index is 13.1. The summed E-state index contributed by atoms with van der Waals surface area (Å²) in [6.07, 6.45) is 0.650. The van der Waals surface area contributed by atoms with Crippen molar-refractivity contribution in [1.29, 1.82) is 0 Å². The maximum Gasteiger partial charge on any atom is 0.124 e. The SMILES string of the molecule is Cc1ccc(C(C)(N)Cc2ccc(F)cc2Br)cc1. The van der Waals surface area contributed by atoms with Gasteiger partial charge in [-0.25, -0.2) is 4.39 Å². The highest BCUT2D eigenvalue weighted by atomic mass is 79.9. The molecule has 0 bridgehead atoms. The van der Waals surface area contributed by atoms with Gasteiger partial charge in [-0.2, -0.15) is 0 Å². The molecule has 100 valence electrons. The second kappa shape index (κ2) is 5.43. The predicted octanol–water partition coefficient (Wildman–Crippen LogP) is 4.31. The normalized spacial score (nSPS) is 14.2. The quantitative estimate of drug-likeness (QED) is 0.895. The molecule has 0 fully saturated rings. The topological polar surface area (TPSA) is 26.0 Å². The average Bonchev–Trinajstić information content (AvgIpc) is 2.33. The Balaban J connectivity index is 2.27. The van der Waals surface area contributed by atoms with Crippen molar-refractivity contribution in [3.8, 4) is 0 Å². The zero-order valence-corrected chi connectivity index (χ0v) is 12.7. The van der Waals surface area contributed by atoms with Crippen LogP contribution in [0.4, 0.5) is 4.39 Å². The van der Waals surface area contributed by atoms with Crippen LogP contribution in [0, 0.1) is 12.7 Å². The molecule has 2 aromatic rings. The summed E-state index contributed by atoms with van der Waals surface area (Å²) in [7, 11) is 0. The van der Waals surface area contributed by atoms with Crippen molar-refractivity contribution in [1.82, 2.24) is 0 Å². The zero-order chi connectivity index (χ0) is 14.0. The summed E-state index contributed by atoms with van der Waals surface area (Å²) in [4.78, 5) is 0. The van der Waals surface area contributed by atoms with Crippen LogP contribution in [-0.4, -0.2) is 0 Å². The highest BCUT2D eigenvalue weighted by molar-refractivity contribution is 9.10. The van der Waals surface area contributed by atoms with Gasteiger partial charge in [0.25, 0.3) is 0 Å². The first-order valence-electron chi connectivity index (χ1n) is 6.18. The van der Waals surface area contributed by atoms with Crippen LogP contribution in [0.3, 0.4) is 0 Å². The van der Waals surface area contributed by atoms with Crippen LogP contribution in [0.15, 0.2) is 46.9 Å². The summed E-state index contributed by atoms with van der Waals surface area (Å²) in [5.74, 6) is -0.246. The van der Waals surface area contributed by atoms with Crippen molar-refractivity contribution >= 4 is 15.9 Å². The van der Waals surface area contributed by atoms with E-state index >= 15 is 0 Å². The van der Waals surface area contributed by atoms with E-state index in [0.717, 1.165) is 15.6 Å². The van der Waals surface area contributed by atoms with Gasteiger partial charge in [-0.15, -0.1) is 0 Å². The zero-order valence-electron chi connectivity index (χ0n) is 11.1. The van der Waals surface area contributed by atoms with Gasteiger partial charge in [0.2, 0.25) is 0 Å². The lowest BCUT2D eigenvalue weighted by atomic mass is 9.86. The maximum absolute atomic E-state index is 13.1. The van der Waals surface area contributed by atoms with E-state index < -0.39 is 5.54 Å². The van der Waals surface area contributed by atoms with Gasteiger partial charge in [0.05, 0.1) is 0 Å². The van der Waals surface area contributed by atoms with Crippen LogP contribution in [0.1, 0.15) is 23.6 Å². The second-order valence-corrected chi connectivity index (χ2v) is 6.05. The van der Waals surface area contributed by atoms with Gasteiger partial charge in [-0.05, 0) is 43.5 Å². The van der Waals surface area contributed by atoms with Crippen LogP contribution >= 0.6 is 15.9 Å². The average molecular weight is 322 g/mol. The highest BCUT2D eigenvalue weighted by Gasteiger charge is 2.22. The molecule has 0 aliphatic heterocycles. The molecule has 0 radical (unpaired) electrons. The third kappa shape index (κ3) is 3.43. The summed E-state index contributed by atoms with van der Waals surface area (Å²) in [6.45, 7) is 4.04. The number of hydrogen-bond acceptors (Lipinski definition) is 1. The summed E-state index contributed by atoms with van der Waals surface area (Å²) >= 11 is 3.39. The first kappa shape index (κ1) is 14.2. The minimum atomic E-state index is -0.478. The molecule has 0 saturated carbocycles. The Labute approximate surface area is 121 Å². The van der Waals surface area contributed by atoms with Crippen LogP contribution in [0.25, 0.3) is 0 Å². The molecule has 2 N–H and O–H groups in total. The lowest BCUT2D eigenvalue weighted by Crippen LogP contribution is -2.35. The molecule has 2 rings (SSSR count). The largest absolute Gasteiger partial charge is 0.321 e. The van der Waals surface area contributed by atoms with Gasteiger partial charge in [0.1, 0.15) is 5.82 Å². The Hall–Kier alpha value is -1.19. The fourth-order valence-corrected chi connectivity index (χ4v) is 2.59. The minimum absolute atomic E-state index is 0.246. The van der Waals surface area contributed by atoms with Crippen molar-refractivity contribution in [2.75, 3.05) is 0 Å². The van der Waals surface area contributed by atoms with E-state index in [0.29, 0.717) is 6.42 Å². The Morgan fingerprint density at radius 1 is 1.16 bits per heavy atom. The van der Waals surface area contributed by atoms with Gasteiger partial charge in [0.15, 0.2) is 0 Å². The Morgan fingerprint density at radius 3 is 2.37 bits per heavy atom. The lowest BCUT2D eigenvalue weighted by Gasteiger charge is -2.26. The summed E-state index contributed by atoms with van der Waals surface area (Å²) in [5, 5.41) is 0. The van der Waals surface area contributed by atoms with Gasteiger partial charge in [-0.1, -0.05) is 51.8 Å². The molecule has 0 aliphatic carbocycles. The van der Waals surface area contributed by atoms with Crippen molar-refractivity contribution in [3.05, 3.63) is 69.4 Å². The van der Waals surface area contributed by atoms with E-state index in [1.807, 2.05) is 26.0 Å². The van der Waals surface area contributed by atoms with Crippen molar-refractivity contribution in [2.24, 2.45) is 5.73 Å². The number of rotatable bonds is 3. The number of benzene rings is 2. The third-order valence-electron chi connectivity index (χ3n) is 3.28. The van der Waals surface area contributed by atoms with E-state index in [1.54, 1.807) is 6.07 Å². The molecular weight excluding hydrogens is 305 g/mol. The van der Waals surface area contributed by atoms with Crippen molar-refractivity contribution < 1.29 is 4.39 Å². The van der Waals surface area contributed by atoms with Crippen LogP contribution in [-0.2, 0) is 12.0 Å². The van der Waals surface area contributed by atoms with Gasteiger partial charge in [0, 0.05) is 10.0 Å². The number of aryl methyl sites for hydroxylation is 1. The van der Waals surface area contributed by atoms with E-state index in [4.69, 9.17) is 5.73 Å². The highest BCUT2D eigenvalue weighted by Crippen LogP contribution is 2.27. The molecule has 19 heavy (non-hydrogen) atoms. The fourth-order valence-electron chi connectivity index (χ4n) is 2.10. The summed E-state index contributed by atoms with van der Waals surface area (Å²) in [6, 6.07) is 12.9. The molecule has 1 atom stereocenters. The number of nitrogens with two attached hydrogens (primary N) is 1. The molecule has 0 aromatic heterocycles. The van der Waals surface area contributed by atoms with Crippen molar-refractivity contribution in [2.45, 2.75) is 25.8 Å². The van der Waals surface area contributed by atoms with E-state index in [9.17, 15) is 4.39 Å². The molecule has 0 heterocycles. The van der Waals surface area contributed by atoms with Crippen molar-refractivity contribution in [3.63, 3.8) is 0 Å². The first-order chi connectivity index (χ1) is 8.88. The molecule has 0 aliphatic rings.